The number of aliphatic carboxylic acids is 1. The van der Waals surface area contributed by atoms with Crippen molar-refractivity contribution >= 4 is 23.6 Å². The summed E-state index contributed by atoms with van der Waals surface area (Å²) in [6.07, 6.45) is 2.71. The molecule has 6 nitrogen and oxygen atoms in total. The molecule has 0 spiro atoms. The van der Waals surface area contributed by atoms with Crippen molar-refractivity contribution in [3.63, 3.8) is 0 Å². The lowest BCUT2D eigenvalue weighted by Crippen LogP contribution is -2.14. The van der Waals surface area contributed by atoms with Gasteiger partial charge >= 0.3 is 5.97 Å². The van der Waals surface area contributed by atoms with E-state index >= 15 is 0 Å². The van der Waals surface area contributed by atoms with Gasteiger partial charge in [0, 0.05) is 12.7 Å². The first-order valence-electron chi connectivity index (χ1n) is 6.53. The highest BCUT2D eigenvalue weighted by Crippen LogP contribution is 2.26. The summed E-state index contributed by atoms with van der Waals surface area (Å²) in [6, 6.07) is 5.02. The third-order valence-corrected chi connectivity index (χ3v) is 2.59. The van der Waals surface area contributed by atoms with E-state index in [4.69, 9.17) is 14.6 Å². The molecule has 2 N–H and O–H groups in total. The first kappa shape index (κ1) is 16.7. The lowest BCUT2D eigenvalue weighted by molar-refractivity contribution is -0.131. The van der Waals surface area contributed by atoms with Gasteiger partial charge in [-0.1, -0.05) is 6.07 Å². The number of carboxylic acids is 1. The molecule has 0 saturated carbocycles. The third kappa shape index (κ3) is 6.09. The van der Waals surface area contributed by atoms with Gasteiger partial charge in [0.25, 0.3) is 0 Å². The smallest absolute Gasteiger partial charge is 0.328 e. The van der Waals surface area contributed by atoms with Gasteiger partial charge in [-0.25, -0.2) is 4.79 Å². The molecule has 0 atom stereocenters. The molecule has 0 unspecified atom stereocenters. The number of carbonyl (C=O) groups is 2. The average Bonchev–Trinajstić information content (AvgIpc) is 2.45. The molecule has 0 radical (unpaired) electrons. The molecule has 0 aliphatic carbocycles. The molecule has 0 heterocycles. The normalized spacial score (nSPS) is 10.6. The standard InChI is InChI=1S/C15H19NO5/c1-3-21-9-8-14(17)16-12-10-11(5-7-15(18)19)4-6-13(12)20-2/h4-7,10H,3,8-9H2,1-2H3,(H,16,17)(H,18,19). The molecule has 0 aliphatic heterocycles. The molecule has 1 aromatic rings. The quantitative estimate of drug-likeness (QED) is 0.566. The predicted molar refractivity (Wildman–Crippen MR) is 79.4 cm³/mol. The van der Waals surface area contributed by atoms with Crippen molar-refractivity contribution < 1.29 is 24.2 Å². The minimum Gasteiger partial charge on any atom is -0.495 e. The van der Waals surface area contributed by atoms with Crippen molar-refractivity contribution in [3.8, 4) is 5.75 Å². The summed E-state index contributed by atoms with van der Waals surface area (Å²) < 4.78 is 10.3. The van der Waals surface area contributed by atoms with E-state index in [1.807, 2.05) is 6.92 Å². The third-order valence-electron chi connectivity index (χ3n) is 2.59. The van der Waals surface area contributed by atoms with Crippen LogP contribution in [-0.2, 0) is 14.3 Å². The topological polar surface area (TPSA) is 84.9 Å². The number of amides is 1. The van der Waals surface area contributed by atoms with Crippen LogP contribution in [0.1, 0.15) is 18.9 Å². The molecular weight excluding hydrogens is 274 g/mol. The number of hydrogen-bond acceptors (Lipinski definition) is 4. The van der Waals surface area contributed by atoms with Crippen LogP contribution in [-0.4, -0.2) is 37.3 Å². The lowest BCUT2D eigenvalue weighted by atomic mass is 10.1. The van der Waals surface area contributed by atoms with Gasteiger partial charge in [0.05, 0.1) is 25.8 Å². The summed E-state index contributed by atoms with van der Waals surface area (Å²) >= 11 is 0. The maximum Gasteiger partial charge on any atom is 0.328 e. The van der Waals surface area contributed by atoms with Gasteiger partial charge in [0.15, 0.2) is 0 Å². The molecule has 6 heteroatoms. The Balaban J connectivity index is 2.80. The summed E-state index contributed by atoms with van der Waals surface area (Å²) in [5, 5.41) is 11.3. The van der Waals surface area contributed by atoms with E-state index < -0.39 is 5.97 Å². The number of carbonyl (C=O) groups excluding carboxylic acids is 1. The van der Waals surface area contributed by atoms with Crippen molar-refractivity contribution in [1.82, 2.24) is 0 Å². The van der Waals surface area contributed by atoms with Gasteiger partial charge in [-0.2, -0.15) is 0 Å². The first-order valence-corrected chi connectivity index (χ1v) is 6.53. The van der Waals surface area contributed by atoms with E-state index in [2.05, 4.69) is 5.32 Å². The highest BCUT2D eigenvalue weighted by Gasteiger charge is 2.08. The summed E-state index contributed by atoms with van der Waals surface area (Å²) in [7, 11) is 1.50. The minimum atomic E-state index is -1.03. The summed E-state index contributed by atoms with van der Waals surface area (Å²) in [5.41, 5.74) is 1.14. The molecule has 1 amide bonds. The molecule has 0 aromatic heterocycles. The highest BCUT2D eigenvalue weighted by molar-refractivity contribution is 5.93. The predicted octanol–water partition coefficient (Wildman–Crippen LogP) is 2.16. The van der Waals surface area contributed by atoms with Crippen LogP contribution in [0.5, 0.6) is 5.75 Å². The Hall–Kier alpha value is -2.34. The van der Waals surface area contributed by atoms with E-state index in [1.165, 1.54) is 13.2 Å². The zero-order valence-corrected chi connectivity index (χ0v) is 12.1. The van der Waals surface area contributed by atoms with E-state index in [0.29, 0.717) is 30.2 Å². The average molecular weight is 293 g/mol. The maximum atomic E-state index is 11.8. The van der Waals surface area contributed by atoms with Crippen LogP contribution >= 0.6 is 0 Å². The number of carboxylic acid groups (broad SMARTS) is 1. The Bertz CT molecular complexity index is 525. The molecule has 0 fully saturated rings. The lowest BCUT2D eigenvalue weighted by Gasteiger charge is -2.11. The number of rotatable bonds is 8. The Kier molecular flexibility index (Phi) is 6.97. The zero-order valence-electron chi connectivity index (χ0n) is 12.1. The maximum absolute atomic E-state index is 11.8. The van der Waals surface area contributed by atoms with Crippen LogP contribution in [0.3, 0.4) is 0 Å². The zero-order chi connectivity index (χ0) is 15.7. The molecule has 0 saturated heterocycles. The van der Waals surface area contributed by atoms with E-state index in [9.17, 15) is 9.59 Å². The minimum absolute atomic E-state index is 0.193. The fourth-order valence-corrected chi connectivity index (χ4v) is 1.62. The Morgan fingerprint density at radius 2 is 2.14 bits per heavy atom. The largest absolute Gasteiger partial charge is 0.495 e. The fraction of sp³-hybridized carbons (Fsp3) is 0.333. The number of anilines is 1. The van der Waals surface area contributed by atoms with Crippen LogP contribution in [0, 0.1) is 0 Å². The second-order valence-corrected chi connectivity index (χ2v) is 4.13. The van der Waals surface area contributed by atoms with Gasteiger partial charge in [-0.3, -0.25) is 4.79 Å². The van der Waals surface area contributed by atoms with Crippen LogP contribution < -0.4 is 10.1 Å². The van der Waals surface area contributed by atoms with Crippen molar-refractivity contribution in [1.29, 1.82) is 0 Å². The van der Waals surface area contributed by atoms with E-state index in [1.54, 1.807) is 18.2 Å². The summed E-state index contributed by atoms with van der Waals surface area (Å²) in [4.78, 5) is 22.3. The number of ether oxygens (including phenoxy) is 2. The van der Waals surface area contributed by atoms with Gasteiger partial charge in [0.2, 0.25) is 5.91 Å². The van der Waals surface area contributed by atoms with Gasteiger partial charge < -0.3 is 19.9 Å². The number of nitrogens with one attached hydrogen (secondary N) is 1. The Morgan fingerprint density at radius 1 is 1.38 bits per heavy atom. The Morgan fingerprint density at radius 3 is 2.76 bits per heavy atom. The number of benzene rings is 1. The van der Waals surface area contributed by atoms with Crippen LogP contribution in [0.4, 0.5) is 5.69 Å². The molecule has 0 aliphatic rings. The molecule has 114 valence electrons. The number of hydrogen-bond donors (Lipinski definition) is 2. The van der Waals surface area contributed by atoms with Crippen molar-refractivity contribution in [2.24, 2.45) is 0 Å². The Labute approximate surface area is 123 Å². The molecule has 1 aromatic carbocycles. The summed E-state index contributed by atoms with van der Waals surface area (Å²) in [6.45, 7) is 2.77. The van der Waals surface area contributed by atoms with E-state index in [0.717, 1.165) is 6.08 Å². The van der Waals surface area contributed by atoms with Gasteiger partial charge in [-0.05, 0) is 30.7 Å². The fourth-order valence-electron chi connectivity index (χ4n) is 1.62. The van der Waals surface area contributed by atoms with Gasteiger partial charge in [0.1, 0.15) is 5.75 Å². The SMILES string of the molecule is CCOCCC(=O)Nc1cc(C=CC(=O)O)ccc1OC. The van der Waals surface area contributed by atoms with Crippen molar-refractivity contribution in [2.45, 2.75) is 13.3 Å². The summed E-state index contributed by atoms with van der Waals surface area (Å²) in [5.74, 6) is -0.721. The van der Waals surface area contributed by atoms with Crippen LogP contribution in [0.25, 0.3) is 6.08 Å². The molecular formula is C15H19NO5. The van der Waals surface area contributed by atoms with Gasteiger partial charge in [-0.15, -0.1) is 0 Å². The number of methoxy groups -OCH3 is 1. The highest BCUT2D eigenvalue weighted by atomic mass is 16.5. The first-order chi connectivity index (χ1) is 10.1. The second-order valence-electron chi connectivity index (χ2n) is 4.13. The second kappa shape index (κ2) is 8.76. The van der Waals surface area contributed by atoms with Crippen LogP contribution in [0.15, 0.2) is 24.3 Å². The monoisotopic (exact) mass is 293 g/mol. The molecule has 1 rings (SSSR count). The van der Waals surface area contributed by atoms with Crippen molar-refractivity contribution in [3.05, 3.63) is 29.8 Å². The van der Waals surface area contributed by atoms with Crippen molar-refractivity contribution in [2.75, 3.05) is 25.6 Å². The molecule has 21 heavy (non-hydrogen) atoms. The van der Waals surface area contributed by atoms with E-state index in [-0.39, 0.29) is 12.3 Å². The molecule has 0 bridgehead atoms. The van der Waals surface area contributed by atoms with Crippen LogP contribution in [0.2, 0.25) is 0 Å².